The number of nitrogens with two attached hydrogens (primary N) is 1. The SMILES string of the molecule is CC(C)(C)OC(=O)N1C[C@@H]2C[C@H]1[C@@H](n1nc(-c3ccc(C(=O)Nc4ccccn4)cc3Cl)c3c(N)ncnc31)C2. The molecule has 4 heterocycles. The number of nitrogen functional groups attached to an aromatic ring is 1. The van der Waals surface area contributed by atoms with Crippen molar-refractivity contribution in [1.82, 2.24) is 29.6 Å². The molecule has 1 aromatic carbocycles. The molecule has 1 aliphatic carbocycles. The number of nitrogens with zero attached hydrogens (tertiary/aromatic N) is 6. The number of fused-ring (bicyclic) bond motifs is 3. The molecule has 3 N–H and O–H groups in total. The third-order valence-corrected chi connectivity index (χ3v) is 7.61. The minimum Gasteiger partial charge on any atom is -0.444 e. The van der Waals surface area contributed by atoms with Crippen molar-refractivity contribution in [3.8, 4) is 11.3 Å². The summed E-state index contributed by atoms with van der Waals surface area (Å²) in [6.07, 6.45) is 4.40. The van der Waals surface area contributed by atoms with Crippen LogP contribution < -0.4 is 11.1 Å². The van der Waals surface area contributed by atoms with Crippen molar-refractivity contribution in [2.24, 2.45) is 5.92 Å². The monoisotopic (exact) mass is 560 g/mol. The topological polar surface area (TPSA) is 141 Å². The molecule has 0 radical (unpaired) electrons. The van der Waals surface area contributed by atoms with Gasteiger partial charge in [0.1, 0.15) is 29.3 Å². The maximum Gasteiger partial charge on any atom is 0.410 e. The number of halogens is 1. The van der Waals surface area contributed by atoms with Crippen LogP contribution in [0.1, 0.15) is 50.0 Å². The highest BCUT2D eigenvalue weighted by molar-refractivity contribution is 6.34. The lowest BCUT2D eigenvalue weighted by Gasteiger charge is -2.34. The van der Waals surface area contributed by atoms with Crippen LogP contribution in [0.15, 0.2) is 48.9 Å². The number of pyridine rings is 1. The smallest absolute Gasteiger partial charge is 0.410 e. The molecule has 40 heavy (non-hydrogen) atoms. The summed E-state index contributed by atoms with van der Waals surface area (Å²) in [5, 5.41) is 8.61. The summed E-state index contributed by atoms with van der Waals surface area (Å²) in [5.41, 5.74) is 7.80. The number of ether oxygens (including phenoxy) is 1. The van der Waals surface area contributed by atoms with Gasteiger partial charge in [-0.05, 0) is 63.8 Å². The van der Waals surface area contributed by atoms with Crippen LogP contribution in [-0.4, -0.2) is 59.8 Å². The molecule has 11 nitrogen and oxygen atoms in total. The predicted molar refractivity (Wildman–Crippen MR) is 151 cm³/mol. The van der Waals surface area contributed by atoms with Gasteiger partial charge < -0.3 is 20.7 Å². The van der Waals surface area contributed by atoms with Crippen molar-refractivity contribution in [1.29, 1.82) is 0 Å². The van der Waals surface area contributed by atoms with Crippen LogP contribution >= 0.6 is 11.6 Å². The van der Waals surface area contributed by atoms with Crippen LogP contribution in [0.25, 0.3) is 22.3 Å². The summed E-state index contributed by atoms with van der Waals surface area (Å²) in [6.45, 7) is 6.25. The highest BCUT2D eigenvalue weighted by Gasteiger charge is 2.50. The number of carbonyl (C=O) groups is 2. The maximum absolute atomic E-state index is 13.0. The highest BCUT2D eigenvalue weighted by Crippen LogP contribution is 2.47. The number of piperidine rings is 1. The first kappa shape index (κ1) is 26.0. The van der Waals surface area contributed by atoms with E-state index in [2.05, 4.69) is 20.3 Å². The first-order valence-corrected chi connectivity index (χ1v) is 13.5. The number of anilines is 2. The van der Waals surface area contributed by atoms with E-state index in [-0.39, 0.29) is 29.9 Å². The molecule has 6 rings (SSSR count). The van der Waals surface area contributed by atoms with Crippen molar-refractivity contribution < 1.29 is 14.3 Å². The minimum atomic E-state index is -0.584. The Labute approximate surface area is 235 Å². The Morgan fingerprint density at radius 2 is 1.90 bits per heavy atom. The van der Waals surface area contributed by atoms with Gasteiger partial charge in [-0.3, -0.25) is 4.79 Å². The lowest BCUT2D eigenvalue weighted by Crippen LogP contribution is -2.45. The molecule has 4 aromatic rings. The summed E-state index contributed by atoms with van der Waals surface area (Å²) < 4.78 is 7.53. The second-order valence-electron chi connectivity index (χ2n) is 11.2. The Kier molecular flexibility index (Phi) is 6.33. The van der Waals surface area contributed by atoms with Gasteiger partial charge in [-0.25, -0.2) is 24.4 Å². The number of hydrogen-bond acceptors (Lipinski definition) is 8. The van der Waals surface area contributed by atoms with Gasteiger partial charge in [0, 0.05) is 23.9 Å². The molecule has 0 unspecified atom stereocenters. The summed E-state index contributed by atoms with van der Waals surface area (Å²) in [6, 6.07) is 10.1. The van der Waals surface area contributed by atoms with E-state index in [0.717, 1.165) is 12.8 Å². The predicted octanol–water partition coefficient (Wildman–Crippen LogP) is 4.95. The summed E-state index contributed by atoms with van der Waals surface area (Å²) in [4.78, 5) is 40.5. The molecular weight excluding hydrogens is 532 g/mol. The number of likely N-dealkylation sites (tertiary alicyclic amines) is 1. The molecule has 2 aliphatic rings. The van der Waals surface area contributed by atoms with Crippen molar-refractivity contribution in [3.05, 3.63) is 59.5 Å². The van der Waals surface area contributed by atoms with Crippen LogP contribution in [0.2, 0.25) is 5.02 Å². The van der Waals surface area contributed by atoms with Gasteiger partial charge in [0.25, 0.3) is 5.91 Å². The molecule has 3 atom stereocenters. The molecule has 1 aliphatic heterocycles. The Morgan fingerprint density at radius 3 is 2.60 bits per heavy atom. The Bertz CT molecular complexity index is 1620. The largest absolute Gasteiger partial charge is 0.444 e. The summed E-state index contributed by atoms with van der Waals surface area (Å²) in [5.74, 6) is 0.708. The molecular formula is C28H29ClN8O3. The number of carbonyl (C=O) groups excluding carboxylic acids is 2. The molecule has 1 saturated heterocycles. The third-order valence-electron chi connectivity index (χ3n) is 7.30. The van der Waals surface area contributed by atoms with E-state index in [1.165, 1.54) is 6.33 Å². The zero-order valence-corrected chi connectivity index (χ0v) is 23.1. The summed E-state index contributed by atoms with van der Waals surface area (Å²) in [7, 11) is 0. The van der Waals surface area contributed by atoms with Crippen LogP contribution in [0.4, 0.5) is 16.4 Å². The average molecular weight is 561 g/mol. The van der Waals surface area contributed by atoms with Crippen LogP contribution in [-0.2, 0) is 4.74 Å². The zero-order chi connectivity index (χ0) is 28.2. The highest BCUT2D eigenvalue weighted by atomic mass is 35.5. The van der Waals surface area contributed by atoms with Crippen molar-refractivity contribution in [3.63, 3.8) is 0 Å². The second kappa shape index (κ2) is 9.74. The third kappa shape index (κ3) is 4.70. The lowest BCUT2D eigenvalue weighted by atomic mass is 10.1. The molecule has 206 valence electrons. The number of aromatic nitrogens is 5. The average Bonchev–Trinajstić information content (AvgIpc) is 3.62. The standard InChI is InChI=1S/C28H29ClN8O3/c1-28(2,3)40-27(39)36-13-15-10-19(36)20(11-15)37-25-22(24(30)32-14-33-25)23(35-37)17-8-7-16(12-18(17)29)26(38)34-21-6-4-5-9-31-21/h4-9,12,14-15,19-20H,10-11,13H2,1-3H3,(H2,30,32,33)(H,31,34,38)/t15-,19+,20+/m1/s1. The van der Waals surface area contributed by atoms with Gasteiger partial charge in [-0.2, -0.15) is 5.10 Å². The maximum atomic E-state index is 13.0. The van der Waals surface area contributed by atoms with E-state index in [0.29, 0.717) is 51.2 Å². The van der Waals surface area contributed by atoms with E-state index in [9.17, 15) is 9.59 Å². The fourth-order valence-corrected chi connectivity index (χ4v) is 5.94. The fourth-order valence-electron chi connectivity index (χ4n) is 5.67. The van der Waals surface area contributed by atoms with E-state index in [1.54, 1.807) is 42.6 Å². The number of nitrogens with one attached hydrogen (secondary N) is 1. The Hall–Kier alpha value is -4.25. The van der Waals surface area contributed by atoms with E-state index in [1.807, 2.05) is 30.4 Å². The molecule has 2 amide bonds. The van der Waals surface area contributed by atoms with Crippen LogP contribution in [0.5, 0.6) is 0 Å². The van der Waals surface area contributed by atoms with Crippen LogP contribution in [0.3, 0.4) is 0 Å². The van der Waals surface area contributed by atoms with Gasteiger partial charge in [0.2, 0.25) is 0 Å². The van der Waals surface area contributed by atoms with Gasteiger partial charge >= 0.3 is 6.09 Å². The fraction of sp³-hybridized carbons (Fsp3) is 0.357. The Morgan fingerprint density at radius 1 is 1.10 bits per heavy atom. The number of amides is 2. The lowest BCUT2D eigenvalue weighted by molar-refractivity contribution is 0.0135. The van der Waals surface area contributed by atoms with Crippen molar-refractivity contribution >= 4 is 46.3 Å². The van der Waals surface area contributed by atoms with Crippen molar-refractivity contribution in [2.75, 3.05) is 17.6 Å². The van der Waals surface area contributed by atoms with E-state index >= 15 is 0 Å². The minimum absolute atomic E-state index is 0.0832. The number of hydrogen-bond donors (Lipinski definition) is 2. The van der Waals surface area contributed by atoms with Crippen LogP contribution in [0, 0.1) is 5.92 Å². The van der Waals surface area contributed by atoms with Gasteiger partial charge in [0.15, 0.2) is 5.65 Å². The molecule has 12 heteroatoms. The number of rotatable bonds is 4. The zero-order valence-electron chi connectivity index (χ0n) is 22.3. The van der Waals surface area contributed by atoms with Gasteiger partial charge in [-0.1, -0.05) is 23.7 Å². The second-order valence-corrected chi connectivity index (χ2v) is 11.6. The van der Waals surface area contributed by atoms with Gasteiger partial charge in [0.05, 0.1) is 22.5 Å². The molecule has 0 spiro atoms. The van der Waals surface area contributed by atoms with E-state index < -0.39 is 5.60 Å². The van der Waals surface area contributed by atoms with Crippen molar-refractivity contribution in [2.45, 2.75) is 51.3 Å². The normalized spacial score (nSPS) is 20.2. The van der Waals surface area contributed by atoms with E-state index in [4.69, 9.17) is 27.2 Å². The first-order valence-electron chi connectivity index (χ1n) is 13.1. The quantitative estimate of drug-likeness (QED) is 0.357. The molecule has 2 bridgehead atoms. The molecule has 1 saturated carbocycles. The Balaban J connectivity index is 1.35. The number of benzene rings is 1. The van der Waals surface area contributed by atoms with Gasteiger partial charge in [-0.15, -0.1) is 0 Å². The first-order chi connectivity index (χ1) is 19.1. The molecule has 2 fully saturated rings. The molecule has 3 aromatic heterocycles. The summed E-state index contributed by atoms with van der Waals surface area (Å²) >= 11 is 6.73.